The Morgan fingerprint density at radius 1 is 1.29 bits per heavy atom. The van der Waals surface area contributed by atoms with E-state index in [1.807, 2.05) is 6.20 Å². The molecule has 2 aromatic rings. The molecule has 2 rings (SSSR count). The fourth-order valence-corrected chi connectivity index (χ4v) is 2.69. The van der Waals surface area contributed by atoms with Gasteiger partial charge in [-0.2, -0.15) is 0 Å². The topological polar surface area (TPSA) is 34.2 Å². The first-order valence-corrected chi connectivity index (χ1v) is 7.98. The van der Waals surface area contributed by atoms with E-state index in [0.717, 1.165) is 24.5 Å². The van der Waals surface area contributed by atoms with Crippen molar-refractivity contribution >= 4 is 11.3 Å². The van der Waals surface area contributed by atoms with Crippen molar-refractivity contribution in [2.24, 2.45) is 5.92 Å². The summed E-state index contributed by atoms with van der Waals surface area (Å²) in [5, 5.41) is 4.47. The molecule has 114 valence electrons. The van der Waals surface area contributed by atoms with Crippen LogP contribution >= 0.6 is 11.3 Å². The lowest BCUT2D eigenvalue weighted by atomic mass is 10.2. The molecule has 0 amide bonds. The Balaban J connectivity index is 1.71. The van der Waals surface area contributed by atoms with Gasteiger partial charge in [-0.3, -0.25) is 0 Å². The van der Waals surface area contributed by atoms with Crippen molar-refractivity contribution in [3.05, 3.63) is 46.2 Å². The van der Waals surface area contributed by atoms with Crippen LogP contribution in [0.1, 0.15) is 23.7 Å². The second-order valence-electron chi connectivity index (χ2n) is 5.30. The molecule has 3 nitrogen and oxygen atoms in total. The fraction of sp³-hybridized carbons (Fsp3) is 0.438. The molecule has 1 aromatic carbocycles. The highest BCUT2D eigenvalue weighted by Crippen LogP contribution is 2.15. The van der Waals surface area contributed by atoms with Crippen LogP contribution in [-0.2, 0) is 13.0 Å². The second-order valence-corrected chi connectivity index (χ2v) is 6.50. The van der Waals surface area contributed by atoms with Gasteiger partial charge in [-0.05, 0) is 36.7 Å². The fourth-order valence-electron chi connectivity index (χ4n) is 1.82. The first kappa shape index (κ1) is 15.9. The Hall–Kier alpha value is -1.46. The van der Waals surface area contributed by atoms with E-state index >= 15 is 0 Å². The van der Waals surface area contributed by atoms with Crippen molar-refractivity contribution in [1.29, 1.82) is 0 Å². The maximum atomic E-state index is 12.8. The van der Waals surface area contributed by atoms with Gasteiger partial charge in [0, 0.05) is 24.0 Å². The average Bonchev–Trinajstić information content (AvgIpc) is 2.88. The van der Waals surface area contributed by atoms with Crippen molar-refractivity contribution in [2.75, 3.05) is 13.2 Å². The SMILES string of the molecule is CC(C)CNCc1cnc(CCOc2ccc(F)cc2)s1. The largest absolute Gasteiger partial charge is 0.493 e. The van der Waals surface area contributed by atoms with E-state index in [9.17, 15) is 4.39 Å². The molecule has 0 aliphatic heterocycles. The molecule has 0 atom stereocenters. The standard InChI is InChI=1S/C16H21FN2OS/c1-12(2)9-18-10-15-11-19-16(21-15)7-8-20-14-5-3-13(17)4-6-14/h3-6,11-12,18H,7-10H2,1-2H3. The van der Waals surface area contributed by atoms with Crippen molar-refractivity contribution in [3.63, 3.8) is 0 Å². The van der Waals surface area contributed by atoms with Gasteiger partial charge in [-0.25, -0.2) is 9.37 Å². The van der Waals surface area contributed by atoms with Crippen LogP contribution in [0.3, 0.4) is 0 Å². The highest BCUT2D eigenvalue weighted by molar-refractivity contribution is 7.11. The van der Waals surface area contributed by atoms with E-state index in [1.54, 1.807) is 23.5 Å². The molecule has 1 N–H and O–H groups in total. The molecule has 0 fully saturated rings. The molecule has 0 unspecified atom stereocenters. The highest BCUT2D eigenvalue weighted by Gasteiger charge is 2.03. The van der Waals surface area contributed by atoms with E-state index in [-0.39, 0.29) is 5.82 Å². The molecule has 0 spiro atoms. The lowest BCUT2D eigenvalue weighted by Crippen LogP contribution is -2.18. The van der Waals surface area contributed by atoms with Gasteiger partial charge in [-0.15, -0.1) is 11.3 Å². The molecule has 0 saturated heterocycles. The number of aromatic nitrogens is 1. The quantitative estimate of drug-likeness (QED) is 0.808. The van der Waals surface area contributed by atoms with E-state index in [4.69, 9.17) is 4.74 Å². The van der Waals surface area contributed by atoms with Crippen LogP contribution in [0.25, 0.3) is 0 Å². The molecule has 1 aromatic heterocycles. The Bertz CT molecular complexity index is 539. The van der Waals surface area contributed by atoms with Crippen LogP contribution in [0, 0.1) is 11.7 Å². The maximum Gasteiger partial charge on any atom is 0.123 e. The molecule has 0 saturated carbocycles. The first-order valence-electron chi connectivity index (χ1n) is 7.16. The Labute approximate surface area is 129 Å². The number of thiazole rings is 1. The van der Waals surface area contributed by atoms with Crippen molar-refractivity contribution in [1.82, 2.24) is 10.3 Å². The first-order chi connectivity index (χ1) is 10.1. The minimum Gasteiger partial charge on any atom is -0.493 e. The summed E-state index contributed by atoms with van der Waals surface area (Å²) < 4.78 is 18.3. The summed E-state index contributed by atoms with van der Waals surface area (Å²) in [4.78, 5) is 5.64. The highest BCUT2D eigenvalue weighted by atomic mass is 32.1. The Kier molecular flexibility index (Phi) is 6.14. The number of ether oxygens (including phenoxy) is 1. The van der Waals surface area contributed by atoms with E-state index in [2.05, 4.69) is 24.1 Å². The lowest BCUT2D eigenvalue weighted by molar-refractivity contribution is 0.321. The zero-order chi connectivity index (χ0) is 15.1. The predicted molar refractivity (Wildman–Crippen MR) is 84.3 cm³/mol. The minimum absolute atomic E-state index is 0.249. The zero-order valence-corrected chi connectivity index (χ0v) is 13.3. The van der Waals surface area contributed by atoms with Crippen molar-refractivity contribution < 1.29 is 9.13 Å². The Morgan fingerprint density at radius 3 is 2.76 bits per heavy atom. The smallest absolute Gasteiger partial charge is 0.123 e. The van der Waals surface area contributed by atoms with Gasteiger partial charge in [0.1, 0.15) is 11.6 Å². The zero-order valence-electron chi connectivity index (χ0n) is 12.4. The third-order valence-corrected chi connectivity index (χ3v) is 3.91. The van der Waals surface area contributed by atoms with Gasteiger partial charge < -0.3 is 10.1 Å². The summed E-state index contributed by atoms with van der Waals surface area (Å²) in [6.45, 7) is 6.82. The summed E-state index contributed by atoms with van der Waals surface area (Å²) in [7, 11) is 0. The number of benzene rings is 1. The van der Waals surface area contributed by atoms with Crippen LogP contribution in [0.5, 0.6) is 5.75 Å². The van der Waals surface area contributed by atoms with Gasteiger partial charge in [0.2, 0.25) is 0 Å². The van der Waals surface area contributed by atoms with E-state index < -0.39 is 0 Å². The monoisotopic (exact) mass is 308 g/mol. The maximum absolute atomic E-state index is 12.8. The summed E-state index contributed by atoms with van der Waals surface area (Å²) in [5.74, 6) is 1.09. The third kappa shape index (κ3) is 5.81. The van der Waals surface area contributed by atoms with Crippen LogP contribution < -0.4 is 10.1 Å². The second kappa shape index (κ2) is 8.10. The van der Waals surface area contributed by atoms with Gasteiger partial charge in [-0.1, -0.05) is 13.8 Å². The van der Waals surface area contributed by atoms with E-state index in [1.165, 1.54) is 17.0 Å². The van der Waals surface area contributed by atoms with Crippen molar-refractivity contribution in [3.8, 4) is 5.75 Å². The number of nitrogens with one attached hydrogen (secondary N) is 1. The van der Waals surface area contributed by atoms with E-state index in [0.29, 0.717) is 18.3 Å². The molecule has 21 heavy (non-hydrogen) atoms. The van der Waals surface area contributed by atoms with Gasteiger partial charge in [0.25, 0.3) is 0 Å². The van der Waals surface area contributed by atoms with Crippen LogP contribution in [0.4, 0.5) is 4.39 Å². The molecule has 0 radical (unpaired) electrons. The number of rotatable bonds is 8. The summed E-state index contributed by atoms with van der Waals surface area (Å²) >= 11 is 1.71. The predicted octanol–water partition coefficient (Wildman–Crippen LogP) is 3.65. The molecule has 5 heteroatoms. The normalized spacial score (nSPS) is 11.0. The number of hydrogen-bond donors (Lipinski definition) is 1. The Morgan fingerprint density at radius 2 is 2.05 bits per heavy atom. The lowest BCUT2D eigenvalue weighted by Gasteiger charge is -2.05. The number of halogens is 1. The summed E-state index contributed by atoms with van der Waals surface area (Å²) in [6, 6.07) is 6.07. The summed E-state index contributed by atoms with van der Waals surface area (Å²) in [5.41, 5.74) is 0. The molecular weight excluding hydrogens is 287 g/mol. The number of nitrogens with zero attached hydrogens (tertiary/aromatic N) is 1. The summed E-state index contributed by atoms with van der Waals surface area (Å²) in [6.07, 6.45) is 2.69. The average molecular weight is 308 g/mol. The van der Waals surface area contributed by atoms with Gasteiger partial charge in [0.15, 0.2) is 0 Å². The molecule has 1 heterocycles. The molecule has 0 aliphatic rings. The number of hydrogen-bond acceptors (Lipinski definition) is 4. The van der Waals surface area contributed by atoms with Crippen LogP contribution in [0.15, 0.2) is 30.5 Å². The van der Waals surface area contributed by atoms with Crippen molar-refractivity contribution in [2.45, 2.75) is 26.8 Å². The molecule has 0 bridgehead atoms. The molecular formula is C16H21FN2OS. The van der Waals surface area contributed by atoms with Crippen LogP contribution in [0.2, 0.25) is 0 Å². The minimum atomic E-state index is -0.249. The molecule has 0 aliphatic carbocycles. The van der Waals surface area contributed by atoms with Gasteiger partial charge >= 0.3 is 0 Å². The van der Waals surface area contributed by atoms with Gasteiger partial charge in [0.05, 0.1) is 11.6 Å². The third-order valence-electron chi connectivity index (χ3n) is 2.85. The van der Waals surface area contributed by atoms with Crippen LogP contribution in [-0.4, -0.2) is 18.1 Å².